The van der Waals surface area contributed by atoms with Gasteiger partial charge in [0.2, 0.25) is 0 Å². The van der Waals surface area contributed by atoms with Crippen molar-refractivity contribution in [3.63, 3.8) is 0 Å². The minimum atomic E-state index is -0.714. The molecule has 0 radical (unpaired) electrons. The fourth-order valence-corrected chi connectivity index (χ4v) is 2.14. The number of carbonyl (C=O) groups excluding carboxylic acids is 2. The molecule has 3 N–H and O–H groups in total. The highest BCUT2D eigenvalue weighted by atomic mass is 16.3. The van der Waals surface area contributed by atoms with Crippen molar-refractivity contribution in [2.24, 2.45) is 0 Å². The molecule has 5 heteroatoms. The van der Waals surface area contributed by atoms with Crippen molar-refractivity contribution in [3.05, 3.63) is 65.7 Å². The van der Waals surface area contributed by atoms with Crippen LogP contribution in [0.1, 0.15) is 23.7 Å². The van der Waals surface area contributed by atoms with Crippen LogP contribution in [0.2, 0.25) is 0 Å². The number of nitrogens with one attached hydrogen (secondary N) is 2. The zero-order valence-corrected chi connectivity index (χ0v) is 13.0. The second-order valence-corrected chi connectivity index (χ2v) is 5.24. The van der Waals surface area contributed by atoms with Crippen LogP contribution in [0.25, 0.3) is 0 Å². The standard InChI is InChI=1S/C18H20N2O3/c1-13-7-5-6-10-15(13)20-18(23)17(22)19-12-11-16(21)14-8-3-2-4-9-14/h2-10,16,21H,11-12H2,1H3,(H,19,22)(H,20,23). The molecule has 0 aliphatic carbocycles. The Morgan fingerprint density at radius 2 is 1.65 bits per heavy atom. The quantitative estimate of drug-likeness (QED) is 0.740. The number of carbonyl (C=O) groups is 2. The molecule has 0 spiro atoms. The van der Waals surface area contributed by atoms with Crippen molar-refractivity contribution in [1.29, 1.82) is 0 Å². The van der Waals surface area contributed by atoms with Crippen LogP contribution in [0, 0.1) is 6.92 Å². The first-order chi connectivity index (χ1) is 11.1. The first-order valence-corrected chi connectivity index (χ1v) is 7.45. The highest BCUT2D eigenvalue weighted by Crippen LogP contribution is 2.15. The second-order valence-electron chi connectivity index (χ2n) is 5.24. The zero-order valence-electron chi connectivity index (χ0n) is 13.0. The third kappa shape index (κ3) is 4.93. The summed E-state index contributed by atoms with van der Waals surface area (Å²) in [6, 6.07) is 16.4. The van der Waals surface area contributed by atoms with Gasteiger partial charge >= 0.3 is 11.8 Å². The summed E-state index contributed by atoms with van der Waals surface area (Å²) in [5.41, 5.74) is 2.27. The highest BCUT2D eigenvalue weighted by Gasteiger charge is 2.15. The van der Waals surface area contributed by atoms with E-state index < -0.39 is 17.9 Å². The van der Waals surface area contributed by atoms with Crippen LogP contribution in [0.3, 0.4) is 0 Å². The lowest BCUT2D eigenvalue weighted by molar-refractivity contribution is -0.136. The van der Waals surface area contributed by atoms with Crippen LogP contribution in [0.5, 0.6) is 0 Å². The fourth-order valence-electron chi connectivity index (χ4n) is 2.14. The van der Waals surface area contributed by atoms with Gasteiger partial charge in [0.05, 0.1) is 6.10 Å². The summed E-state index contributed by atoms with van der Waals surface area (Å²) in [5.74, 6) is -1.43. The summed E-state index contributed by atoms with van der Waals surface area (Å²) in [7, 11) is 0. The van der Waals surface area contributed by atoms with E-state index in [4.69, 9.17) is 0 Å². The number of aliphatic hydroxyl groups is 1. The van der Waals surface area contributed by atoms with Gasteiger partial charge in [0.25, 0.3) is 0 Å². The Morgan fingerprint density at radius 1 is 1.00 bits per heavy atom. The van der Waals surface area contributed by atoms with Gasteiger partial charge < -0.3 is 15.7 Å². The molecule has 2 amide bonds. The Morgan fingerprint density at radius 3 is 2.35 bits per heavy atom. The molecule has 0 saturated heterocycles. The molecule has 1 atom stereocenters. The van der Waals surface area contributed by atoms with Crippen LogP contribution in [0.4, 0.5) is 5.69 Å². The van der Waals surface area contributed by atoms with Crippen molar-refractivity contribution in [2.45, 2.75) is 19.4 Å². The fraction of sp³-hybridized carbons (Fsp3) is 0.222. The average molecular weight is 312 g/mol. The molecule has 23 heavy (non-hydrogen) atoms. The predicted molar refractivity (Wildman–Crippen MR) is 88.8 cm³/mol. The van der Waals surface area contributed by atoms with E-state index in [1.54, 1.807) is 12.1 Å². The molecule has 0 aliphatic rings. The first kappa shape index (κ1) is 16.7. The van der Waals surface area contributed by atoms with Gasteiger partial charge in [-0.2, -0.15) is 0 Å². The monoisotopic (exact) mass is 312 g/mol. The molecule has 120 valence electrons. The average Bonchev–Trinajstić information content (AvgIpc) is 2.57. The van der Waals surface area contributed by atoms with Crippen molar-refractivity contribution < 1.29 is 14.7 Å². The third-order valence-corrected chi connectivity index (χ3v) is 3.49. The van der Waals surface area contributed by atoms with Gasteiger partial charge in [0.15, 0.2) is 0 Å². The summed E-state index contributed by atoms with van der Waals surface area (Å²) in [6.07, 6.45) is -0.330. The van der Waals surface area contributed by atoms with Gasteiger partial charge in [0.1, 0.15) is 0 Å². The Labute approximate surface area is 135 Å². The molecule has 2 aromatic rings. The van der Waals surface area contributed by atoms with Gasteiger partial charge in [-0.3, -0.25) is 9.59 Å². The summed E-state index contributed by atoms with van der Waals surface area (Å²) in [6.45, 7) is 2.07. The molecule has 0 saturated carbocycles. The SMILES string of the molecule is Cc1ccccc1NC(=O)C(=O)NCCC(O)c1ccccc1. The maximum Gasteiger partial charge on any atom is 0.313 e. The Bertz CT molecular complexity index is 671. The smallest absolute Gasteiger partial charge is 0.313 e. The van der Waals surface area contributed by atoms with Crippen LogP contribution >= 0.6 is 0 Å². The molecule has 1 unspecified atom stereocenters. The highest BCUT2D eigenvalue weighted by molar-refractivity contribution is 6.39. The largest absolute Gasteiger partial charge is 0.388 e. The molecule has 0 bridgehead atoms. The molecular formula is C18H20N2O3. The summed E-state index contributed by atoms with van der Waals surface area (Å²) in [4.78, 5) is 23.6. The number of hydrogen-bond donors (Lipinski definition) is 3. The third-order valence-electron chi connectivity index (χ3n) is 3.49. The van der Waals surface area contributed by atoms with E-state index in [1.165, 1.54) is 0 Å². The van der Waals surface area contributed by atoms with Crippen LogP contribution in [0.15, 0.2) is 54.6 Å². The van der Waals surface area contributed by atoms with Gasteiger partial charge in [-0.1, -0.05) is 48.5 Å². The van der Waals surface area contributed by atoms with Gasteiger partial charge in [0, 0.05) is 12.2 Å². The van der Waals surface area contributed by atoms with Gasteiger partial charge in [-0.15, -0.1) is 0 Å². The maximum atomic E-state index is 11.8. The minimum absolute atomic E-state index is 0.218. The molecular weight excluding hydrogens is 292 g/mol. The molecule has 0 fully saturated rings. The molecule has 0 aliphatic heterocycles. The Hall–Kier alpha value is -2.66. The number of anilines is 1. The topological polar surface area (TPSA) is 78.4 Å². The number of rotatable bonds is 5. The number of hydrogen-bond acceptors (Lipinski definition) is 3. The number of aryl methyl sites for hydroxylation is 1. The van der Waals surface area contributed by atoms with Gasteiger partial charge in [-0.25, -0.2) is 0 Å². The Kier molecular flexibility index (Phi) is 5.88. The lowest BCUT2D eigenvalue weighted by Crippen LogP contribution is -2.36. The molecule has 0 aromatic heterocycles. The minimum Gasteiger partial charge on any atom is -0.388 e. The van der Waals surface area contributed by atoms with E-state index in [2.05, 4.69) is 10.6 Å². The molecule has 0 heterocycles. The summed E-state index contributed by atoms with van der Waals surface area (Å²) in [5, 5.41) is 15.1. The summed E-state index contributed by atoms with van der Waals surface area (Å²) < 4.78 is 0. The van der Waals surface area contributed by atoms with E-state index in [1.807, 2.05) is 49.4 Å². The van der Waals surface area contributed by atoms with E-state index in [0.29, 0.717) is 12.1 Å². The lowest BCUT2D eigenvalue weighted by Gasteiger charge is -2.12. The van der Waals surface area contributed by atoms with Crippen molar-refractivity contribution in [1.82, 2.24) is 5.32 Å². The number of aliphatic hydroxyl groups excluding tert-OH is 1. The van der Waals surface area contributed by atoms with Crippen LogP contribution in [-0.4, -0.2) is 23.5 Å². The second kappa shape index (κ2) is 8.10. The first-order valence-electron chi connectivity index (χ1n) is 7.45. The van der Waals surface area contributed by atoms with E-state index in [-0.39, 0.29) is 6.54 Å². The van der Waals surface area contributed by atoms with E-state index in [0.717, 1.165) is 11.1 Å². The maximum absolute atomic E-state index is 11.8. The normalized spacial score (nSPS) is 11.6. The Balaban J connectivity index is 1.78. The number of amides is 2. The van der Waals surface area contributed by atoms with Gasteiger partial charge in [-0.05, 0) is 30.5 Å². The number of para-hydroxylation sites is 1. The molecule has 2 rings (SSSR count). The van der Waals surface area contributed by atoms with Crippen LogP contribution < -0.4 is 10.6 Å². The van der Waals surface area contributed by atoms with Crippen molar-refractivity contribution in [3.8, 4) is 0 Å². The lowest BCUT2D eigenvalue weighted by atomic mass is 10.1. The van der Waals surface area contributed by atoms with Crippen molar-refractivity contribution >= 4 is 17.5 Å². The van der Waals surface area contributed by atoms with Crippen LogP contribution in [-0.2, 0) is 9.59 Å². The summed E-state index contributed by atoms with van der Waals surface area (Å²) >= 11 is 0. The number of benzene rings is 2. The van der Waals surface area contributed by atoms with E-state index >= 15 is 0 Å². The molecule has 5 nitrogen and oxygen atoms in total. The van der Waals surface area contributed by atoms with Crippen molar-refractivity contribution in [2.75, 3.05) is 11.9 Å². The van der Waals surface area contributed by atoms with E-state index in [9.17, 15) is 14.7 Å². The predicted octanol–water partition coefficient (Wildman–Crippen LogP) is 2.17. The zero-order chi connectivity index (χ0) is 16.7. The molecule has 2 aromatic carbocycles.